The van der Waals surface area contributed by atoms with Crippen molar-refractivity contribution in [1.82, 2.24) is 4.90 Å². The van der Waals surface area contributed by atoms with Gasteiger partial charge in [0.25, 0.3) is 5.91 Å². The summed E-state index contributed by atoms with van der Waals surface area (Å²) in [5.74, 6) is 0.992. The number of carbonyl (C=O) groups is 1. The quantitative estimate of drug-likeness (QED) is 0.299. The van der Waals surface area contributed by atoms with E-state index in [0.717, 1.165) is 16.7 Å². The summed E-state index contributed by atoms with van der Waals surface area (Å²) in [5.41, 5.74) is 3.29. The van der Waals surface area contributed by atoms with Gasteiger partial charge in [-0.15, -0.1) is 0 Å². The summed E-state index contributed by atoms with van der Waals surface area (Å²) in [6, 6.07) is 25.8. The van der Waals surface area contributed by atoms with Gasteiger partial charge in [0.15, 0.2) is 5.43 Å². The molecular formula is C30H23NO5. The lowest BCUT2D eigenvalue weighted by atomic mass is 9.98. The molecule has 0 fully saturated rings. The number of hydrogen-bond donors (Lipinski definition) is 0. The maximum Gasteiger partial charge on any atom is 0.291 e. The molecule has 1 aliphatic rings. The first-order valence-electron chi connectivity index (χ1n) is 11.8. The molecule has 1 unspecified atom stereocenters. The summed E-state index contributed by atoms with van der Waals surface area (Å²) in [7, 11) is 0. The minimum absolute atomic E-state index is 0.0727. The zero-order chi connectivity index (χ0) is 24.6. The topological polar surface area (TPSA) is 72.9 Å². The van der Waals surface area contributed by atoms with Crippen LogP contribution in [0.15, 0.2) is 105 Å². The summed E-state index contributed by atoms with van der Waals surface area (Å²) in [6.45, 7) is 2.53. The second kappa shape index (κ2) is 8.89. The average Bonchev–Trinajstić information content (AvgIpc) is 3.51. The molecule has 6 rings (SSSR count). The molecule has 0 aliphatic carbocycles. The molecule has 178 valence electrons. The molecular weight excluding hydrogens is 454 g/mol. The molecule has 1 amide bonds. The number of furan rings is 1. The van der Waals surface area contributed by atoms with Crippen LogP contribution in [0.1, 0.15) is 44.6 Å². The van der Waals surface area contributed by atoms with Crippen LogP contribution in [-0.2, 0) is 13.2 Å². The first-order valence-corrected chi connectivity index (χ1v) is 11.8. The van der Waals surface area contributed by atoms with E-state index in [-0.39, 0.29) is 23.6 Å². The van der Waals surface area contributed by atoms with Crippen LogP contribution in [0.2, 0.25) is 0 Å². The first kappa shape index (κ1) is 21.9. The van der Waals surface area contributed by atoms with Gasteiger partial charge in [0.05, 0.1) is 29.8 Å². The Bertz CT molecular complexity index is 1620. The van der Waals surface area contributed by atoms with E-state index in [1.165, 1.54) is 0 Å². The third-order valence-corrected chi connectivity index (χ3v) is 6.45. The maximum absolute atomic E-state index is 13.8. The number of rotatable bonds is 6. The second-order valence-electron chi connectivity index (χ2n) is 8.94. The highest BCUT2D eigenvalue weighted by atomic mass is 16.5. The molecule has 1 atom stereocenters. The number of carbonyl (C=O) groups excluding carboxylic acids is 1. The number of aryl methyl sites for hydroxylation is 1. The summed E-state index contributed by atoms with van der Waals surface area (Å²) in [6.07, 6.45) is 1.57. The largest absolute Gasteiger partial charge is 0.489 e. The van der Waals surface area contributed by atoms with Crippen molar-refractivity contribution >= 4 is 16.9 Å². The number of nitrogens with zero attached hydrogens (tertiary/aromatic N) is 1. The molecule has 1 aliphatic heterocycles. The molecule has 6 heteroatoms. The van der Waals surface area contributed by atoms with E-state index in [2.05, 4.69) is 0 Å². The van der Waals surface area contributed by atoms with Crippen LogP contribution >= 0.6 is 0 Å². The standard InChI is InChI=1S/C30H23NO5/c1-19-12-13-25-24(15-19)28(32)26-27(31(30(33)29(26)36-25)17-23-11-6-14-34-23)21-9-5-10-22(16-21)35-18-20-7-3-2-4-8-20/h2-16,27H,17-18H2,1H3. The minimum Gasteiger partial charge on any atom is -0.489 e. The molecule has 6 nitrogen and oxygen atoms in total. The van der Waals surface area contributed by atoms with Gasteiger partial charge in [0, 0.05) is 0 Å². The molecule has 3 aromatic carbocycles. The van der Waals surface area contributed by atoms with Gasteiger partial charge in [-0.2, -0.15) is 0 Å². The molecule has 2 aromatic heterocycles. The first-order chi connectivity index (χ1) is 17.6. The highest BCUT2D eigenvalue weighted by molar-refractivity contribution is 5.99. The van der Waals surface area contributed by atoms with Crippen molar-refractivity contribution in [3.63, 3.8) is 0 Å². The Morgan fingerprint density at radius 1 is 0.917 bits per heavy atom. The Morgan fingerprint density at radius 3 is 2.58 bits per heavy atom. The Balaban J connectivity index is 1.45. The van der Waals surface area contributed by atoms with Gasteiger partial charge in [-0.1, -0.05) is 54.1 Å². The minimum atomic E-state index is -0.640. The third-order valence-electron chi connectivity index (χ3n) is 6.45. The van der Waals surface area contributed by atoms with Crippen LogP contribution in [0.5, 0.6) is 5.75 Å². The van der Waals surface area contributed by atoms with Crippen LogP contribution in [0, 0.1) is 6.92 Å². The van der Waals surface area contributed by atoms with Crippen molar-refractivity contribution in [2.45, 2.75) is 26.1 Å². The SMILES string of the molecule is Cc1ccc2oc3c(c(=O)c2c1)C(c1cccc(OCc2ccccc2)c1)N(Cc1ccco1)C3=O. The fourth-order valence-corrected chi connectivity index (χ4v) is 4.73. The number of fused-ring (bicyclic) bond motifs is 2. The zero-order valence-corrected chi connectivity index (χ0v) is 19.6. The highest BCUT2D eigenvalue weighted by Gasteiger charge is 2.43. The lowest BCUT2D eigenvalue weighted by molar-refractivity contribution is 0.0701. The van der Waals surface area contributed by atoms with Gasteiger partial charge in [-0.05, 0) is 54.4 Å². The third kappa shape index (κ3) is 3.86. The van der Waals surface area contributed by atoms with Crippen molar-refractivity contribution in [1.29, 1.82) is 0 Å². The van der Waals surface area contributed by atoms with Gasteiger partial charge in [0.1, 0.15) is 23.7 Å². The Kier molecular flexibility index (Phi) is 5.41. The monoisotopic (exact) mass is 477 g/mol. The summed E-state index contributed by atoms with van der Waals surface area (Å²) in [4.78, 5) is 29.0. The van der Waals surface area contributed by atoms with Crippen molar-refractivity contribution in [3.8, 4) is 5.75 Å². The van der Waals surface area contributed by atoms with E-state index < -0.39 is 6.04 Å². The summed E-state index contributed by atoms with van der Waals surface area (Å²) in [5, 5.41) is 0.461. The van der Waals surface area contributed by atoms with Crippen LogP contribution < -0.4 is 10.2 Å². The maximum atomic E-state index is 13.8. The van der Waals surface area contributed by atoms with Crippen molar-refractivity contribution < 1.29 is 18.4 Å². The number of benzene rings is 3. The fraction of sp³-hybridized carbons (Fsp3) is 0.133. The molecule has 0 radical (unpaired) electrons. The predicted octanol–water partition coefficient (Wildman–Crippen LogP) is 6.02. The molecule has 5 aromatic rings. The van der Waals surface area contributed by atoms with E-state index in [1.807, 2.05) is 73.7 Å². The lowest BCUT2D eigenvalue weighted by Gasteiger charge is -2.24. The second-order valence-corrected chi connectivity index (χ2v) is 8.94. The number of amides is 1. The molecule has 0 bridgehead atoms. The Hall–Kier alpha value is -4.58. The number of ether oxygens (including phenoxy) is 1. The van der Waals surface area contributed by atoms with Crippen LogP contribution in [0.3, 0.4) is 0 Å². The van der Waals surface area contributed by atoms with Crippen molar-refractivity contribution in [2.75, 3.05) is 0 Å². The summed E-state index contributed by atoms with van der Waals surface area (Å²) < 4.78 is 17.6. The zero-order valence-electron chi connectivity index (χ0n) is 19.6. The molecule has 0 saturated heterocycles. The normalized spacial score (nSPS) is 14.9. The van der Waals surface area contributed by atoms with Crippen molar-refractivity contribution in [3.05, 3.63) is 135 Å². The van der Waals surface area contributed by atoms with Gasteiger partial charge in [-0.25, -0.2) is 0 Å². The van der Waals surface area contributed by atoms with Gasteiger partial charge in [-0.3, -0.25) is 9.59 Å². The van der Waals surface area contributed by atoms with E-state index in [4.69, 9.17) is 13.6 Å². The van der Waals surface area contributed by atoms with Gasteiger partial charge < -0.3 is 18.5 Å². The van der Waals surface area contributed by atoms with Crippen LogP contribution in [0.4, 0.5) is 0 Å². The van der Waals surface area contributed by atoms with E-state index in [0.29, 0.717) is 34.6 Å². The predicted molar refractivity (Wildman–Crippen MR) is 135 cm³/mol. The average molecular weight is 478 g/mol. The van der Waals surface area contributed by atoms with Crippen molar-refractivity contribution in [2.24, 2.45) is 0 Å². The summed E-state index contributed by atoms with van der Waals surface area (Å²) >= 11 is 0. The van der Waals surface area contributed by atoms with Gasteiger partial charge in [0.2, 0.25) is 5.76 Å². The smallest absolute Gasteiger partial charge is 0.291 e. The van der Waals surface area contributed by atoms with E-state index in [9.17, 15) is 9.59 Å². The fourth-order valence-electron chi connectivity index (χ4n) is 4.73. The lowest BCUT2D eigenvalue weighted by Crippen LogP contribution is -2.29. The highest BCUT2D eigenvalue weighted by Crippen LogP contribution is 2.40. The Labute approximate surface area is 207 Å². The number of hydrogen-bond acceptors (Lipinski definition) is 5. The van der Waals surface area contributed by atoms with Crippen LogP contribution in [-0.4, -0.2) is 10.8 Å². The van der Waals surface area contributed by atoms with E-state index >= 15 is 0 Å². The molecule has 0 spiro atoms. The Morgan fingerprint density at radius 2 is 1.78 bits per heavy atom. The molecule has 0 N–H and O–H groups in total. The molecule has 3 heterocycles. The van der Waals surface area contributed by atoms with Gasteiger partial charge >= 0.3 is 0 Å². The molecule has 0 saturated carbocycles. The van der Waals surface area contributed by atoms with Crippen LogP contribution in [0.25, 0.3) is 11.0 Å². The molecule has 36 heavy (non-hydrogen) atoms. The van der Waals surface area contributed by atoms with E-state index in [1.54, 1.807) is 29.4 Å².